The van der Waals surface area contributed by atoms with Crippen LogP contribution in [-0.4, -0.2) is 11.8 Å². The highest BCUT2D eigenvalue weighted by Gasteiger charge is 2.15. The fourth-order valence-corrected chi connectivity index (χ4v) is 1.74. The van der Waals surface area contributed by atoms with E-state index < -0.39 is 0 Å². The molecule has 0 radical (unpaired) electrons. The zero-order valence-electron chi connectivity index (χ0n) is 7.84. The summed E-state index contributed by atoms with van der Waals surface area (Å²) in [6.45, 7) is 0. The Kier molecular flexibility index (Phi) is 2.73. The van der Waals surface area contributed by atoms with E-state index in [1.807, 2.05) is 6.07 Å². The maximum Gasteiger partial charge on any atom is 0.224 e. The first kappa shape index (κ1) is 10.2. The zero-order chi connectivity index (χ0) is 10.8. The van der Waals surface area contributed by atoms with Crippen molar-refractivity contribution in [3.8, 4) is 0 Å². The number of hydrogen-bond acceptors (Lipinski definition) is 2. The van der Waals surface area contributed by atoms with E-state index in [0.717, 1.165) is 4.47 Å². The van der Waals surface area contributed by atoms with Gasteiger partial charge in [0.2, 0.25) is 11.8 Å². The largest absolute Gasteiger partial charge is 0.324 e. The molecule has 0 aromatic heterocycles. The van der Waals surface area contributed by atoms with Crippen LogP contribution in [-0.2, 0) is 9.59 Å². The Bertz CT molecular complexity index is 431. The van der Waals surface area contributed by atoms with Gasteiger partial charge in [-0.15, -0.1) is 0 Å². The molecule has 0 spiro atoms. The number of nitrogens with one attached hydrogen (secondary N) is 2. The molecule has 1 aromatic carbocycles. The number of amides is 2. The van der Waals surface area contributed by atoms with Crippen molar-refractivity contribution in [1.29, 1.82) is 0 Å². The first-order valence-electron chi connectivity index (χ1n) is 4.54. The van der Waals surface area contributed by atoms with Crippen LogP contribution >= 0.6 is 15.9 Å². The van der Waals surface area contributed by atoms with Crippen LogP contribution in [0.2, 0.25) is 0 Å². The molecule has 2 rings (SSSR count). The summed E-state index contributed by atoms with van der Waals surface area (Å²) in [7, 11) is 0. The number of fused-ring (bicyclic) bond motifs is 1. The van der Waals surface area contributed by atoms with Gasteiger partial charge >= 0.3 is 0 Å². The molecule has 0 saturated carbocycles. The van der Waals surface area contributed by atoms with Gasteiger partial charge in [-0.3, -0.25) is 9.59 Å². The number of benzene rings is 1. The van der Waals surface area contributed by atoms with Crippen LogP contribution in [0.5, 0.6) is 0 Å². The first-order chi connectivity index (χ1) is 7.15. The Morgan fingerprint density at radius 1 is 1.00 bits per heavy atom. The van der Waals surface area contributed by atoms with Crippen molar-refractivity contribution >= 4 is 39.1 Å². The third kappa shape index (κ3) is 2.36. The van der Waals surface area contributed by atoms with Crippen molar-refractivity contribution in [3.63, 3.8) is 0 Å². The second-order valence-corrected chi connectivity index (χ2v) is 4.20. The standard InChI is InChI=1S/C10H9BrN2O2/c11-6-1-2-7-8(5-6)13-10(15)4-3-9(14)12-7/h1-2,5H,3-4H2,(H,12,14)(H,13,15). The average Bonchev–Trinajstić information content (AvgIpc) is 2.17. The summed E-state index contributed by atoms with van der Waals surface area (Å²) < 4.78 is 0.858. The quantitative estimate of drug-likeness (QED) is 0.757. The SMILES string of the molecule is O=C1CCC(=O)Nc2cc(Br)ccc2N1. The Balaban J connectivity index is 2.41. The summed E-state index contributed by atoms with van der Waals surface area (Å²) in [5.41, 5.74) is 1.26. The predicted molar refractivity (Wildman–Crippen MR) is 60.6 cm³/mol. The summed E-state index contributed by atoms with van der Waals surface area (Å²) in [6, 6.07) is 5.33. The Hall–Kier alpha value is -1.36. The first-order valence-corrected chi connectivity index (χ1v) is 5.34. The zero-order valence-corrected chi connectivity index (χ0v) is 9.43. The smallest absolute Gasteiger partial charge is 0.224 e. The van der Waals surface area contributed by atoms with Gasteiger partial charge in [0.05, 0.1) is 11.4 Å². The summed E-state index contributed by atoms with van der Waals surface area (Å²) in [6.07, 6.45) is 0.444. The van der Waals surface area contributed by atoms with Gasteiger partial charge < -0.3 is 10.6 Å². The van der Waals surface area contributed by atoms with E-state index >= 15 is 0 Å². The molecule has 0 unspecified atom stereocenters. The van der Waals surface area contributed by atoms with E-state index in [-0.39, 0.29) is 24.7 Å². The second kappa shape index (κ2) is 4.02. The van der Waals surface area contributed by atoms with E-state index in [1.165, 1.54) is 0 Å². The van der Waals surface area contributed by atoms with E-state index in [9.17, 15) is 9.59 Å². The maximum absolute atomic E-state index is 11.3. The fourth-order valence-electron chi connectivity index (χ4n) is 1.38. The van der Waals surface area contributed by atoms with Crippen LogP contribution in [0.15, 0.2) is 22.7 Å². The summed E-state index contributed by atoms with van der Waals surface area (Å²) in [4.78, 5) is 22.7. The molecule has 2 amide bonds. The summed E-state index contributed by atoms with van der Waals surface area (Å²) in [5, 5.41) is 5.48. The van der Waals surface area contributed by atoms with Crippen LogP contribution in [0.1, 0.15) is 12.8 Å². The van der Waals surface area contributed by atoms with Crippen LogP contribution in [0.25, 0.3) is 0 Å². The van der Waals surface area contributed by atoms with E-state index in [0.29, 0.717) is 11.4 Å². The van der Waals surface area contributed by atoms with E-state index in [2.05, 4.69) is 26.6 Å². The minimum Gasteiger partial charge on any atom is -0.324 e. The number of rotatable bonds is 0. The van der Waals surface area contributed by atoms with Crippen molar-refractivity contribution in [2.75, 3.05) is 10.6 Å². The van der Waals surface area contributed by atoms with Crippen LogP contribution in [0.3, 0.4) is 0 Å². The average molecular weight is 269 g/mol. The van der Waals surface area contributed by atoms with Crippen molar-refractivity contribution in [2.24, 2.45) is 0 Å². The van der Waals surface area contributed by atoms with Crippen molar-refractivity contribution in [2.45, 2.75) is 12.8 Å². The molecular weight excluding hydrogens is 260 g/mol. The summed E-state index contributed by atoms with van der Waals surface area (Å²) >= 11 is 3.31. The molecule has 1 aromatic rings. The summed E-state index contributed by atoms with van der Waals surface area (Å²) in [5.74, 6) is -0.266. The third-order valence-corrected chi connectivity index (χ3v) is 2.60. The monoisotopic (exact) mass is 268 g/mol. The van der Waals surface area contributed by atoms with Gasteiger partial charge in [0.1, 0.15) is 0 Å². The molecule has 0 atom stereocenters. The van der Waals surface area contributed by atoms with Gasteiger partial charge in [-0.25, -0.2) is 0 Å². The number of hydrogen-bond donors (Lipinski definition) is 2. The molecule has 78 valence electrons. The molecule has 1 aliphatic heterocycles. The molecular formula is C10H9BrN2O2. The normalized spacial score (nSPS) is 15.8. The minimum atomic E-state index is -0.135. The second-order valence-electron chi connectivity index (χ2n) is 3.29. The van der Waals surface area contributed by atoms with Crippen molar-refractivity contribution in [1.82, 2.24) is 0 Å². The minimum absolute atomic E-state index is 0.131. The molecule has 2 N–H and O–H groups in total. The Labute approximate surface area is 95.2 Å². The number of anilines is 2. The van der Waals surface area contributed by atoms with E-state index in [4.69, 9.17) is 0 Å². The lowest BCUT2D eigenvalue weighted by molar-refractivity contribution is -0.121. The Morgan fingerprint density at radius 3 is 2.27 bits per heavy atom. The van der Waals surface area contributed by atoms with Crippen LogP contribution in [0.4, 0.5) is 11.4 Å². The topological polar surface area (TPSA) is 58.2 Å². The lowest BCUT2D eigenvalue weighted by atomic mass is 10.2. The van der Waals surface area contributed by atoms with Crippen LogP contribution in [0, 0.1) is 0 Å². The van der Waals surface area contributed by atoms with Gasteiger partial charge in [-0.05, 0) is 18.2 Å². The number of halogens is 1. The van der Waals surface area contributed by atoms with Gasteiger partial charge in [0, 0.05) is 17.3 Å². The van der Waals surface area contributed by atoms with Gasteiger partial charge in [-0.1, -0.05) is 15.9 Å². The molecule has 1 aliphatic rings. The fraction of sp³-hybridized carbons (Fsp3) is 0.200. The Morgan fingerprint density at radius 2 is 1.60 bits per heavy atom. The van der Waals surface area contributed by atoms with Crippen molar-refractivity contribution in [3.05, 3.63) is 22.7 Å². The third-order valence-electron chi connectivity index (χ3n) is 2.11. The molecule has 1 heterocycles. The molecule has 5 heteroatoms. The number of carbonyl (C=O) groups excluding carboxylic acids is 2. The highest BCUT2D eigenvalue weighted by atomic mass is 79.9. The lowest BCUT2D eigenvalue weighted by Crippen LogP contribution is -2.22. The number of carbonyl (C=O) groups is 2. The van der Waals surface area contributed by atoms with Gasteiger partial charge in [-0.2, -0.15) is 0 Å². The lowest BCUT2D eigenvalue weighted by Gasteiger charge is -2.15. The van der Waals surface area contributed by atoms with Crippen molar-refractivity contribution < 1.29 is 9.59 Å². The van der Waals surface area contributed by atoms with E-state index in [1.54, 1.807) is 12.1 Å². The maximum atomic E-state index is 11.3. The molecule has 0 bridgehead atoms. The molecule has 0 aliphatic carbocycles. The highest BCUT2D eigenvalue weighted by molar-refractivity contribution is 9.10. The highest BCUT2D eigenvalue weighted by Crippen LogP contribution is 2.27. The van der Waals surface area contributed by atoms with Crippen LogP contribution < -0.4 is 10.6 Å². The molecule has 0 saturated heterocycles. The van der Waals surface area contributed by atoms with Gasteiger partial charge in [0.25, 0.3) is 0 Å². The molecule has 0 fully saturated rings. The molecule has 15 heavy (non-hydrogen) atoms. The van der Waals surface area contributed by atoms with Gasteiger partial charge in [0.15, 0.2) is 0 Å². The molecule has 4 nitrogen and oxygen atoms in total. The predicted octanol–water partition coefficient (Wildman–Crippen LogP) is 2.12.